The molecule has 1 fully saturated rings. The molecule has 1 aliphatic heterocycles. The van der Waals surface area contributed by atoms with Gasteiger partial charge in [0.25, 0.3) is 5.91 Å². The molecule has 29 heavy (non-hydrogen) atoms. The van der Waals surface area contributed by atoms with Crippen LogP contribution in [0.3, 0.4) is 0 Å². The molecule has 1 saturated heterocycles. The number of amides is 1. The summed E-state index contributed by atoms with van der Waals surface area (Å²) in [5.74, 6) is -0.593. The monoisotopic (exact) mass is 393 g/mol. The summed E-state index contributed by atoms with van der Waals surface area (Å²) in [4.78, 5) is 23.3. The summed E-state index contributed by atoms with van der Waals surface area (Å²) in [5.41, 5.74) is 8.04. The predicted molar refractivity (Wildman–Crippen MR) is 110 cm³/mol. The van der Waals surface area contributed by atoms with Crippen LogP contribution in [0.5, 0.6) is 0 Å². The first-order chi connectivity index (χ1) is 14.1. The molecule has 2 N–H and O–H groups in total. The topological polar surface area (TPSA) is 77.0 Å². The maximum Gasteiger partial charge on any atom is 0.254 e. The maximum absolute atomic E-state index is 14.4. The van der Waals surface area contributed by atoms with Crippen LogP contribution in [-0.4, -0.2) is 37.9 Å². The molecular weight excluding hydrogens is 369 g/mol. The van der Waals surface area contributed by atoms with E-state index in [1.54, 1.807) is 37.1 Å². The number of imidazole rings is 1. The molecular formula is C22H24FN5O. The number of nitrogen functional groups attached to an aromatic ring is 1. The fraction of sp³-hybridized carbons (Fsp3) is 0.318. The number of hydrogen-bond acceptors (Lipinski definition) is 4. The first-order valence-electron chi connectivity index (χ1n) is 9.89. The van der Waals surface area contributed by atoms with Gasteiger partial charge < -0.3 is 15.2 Å². The molecule has 1 aromatic carbocycles. The van der Waals surface area contributed by atoms with Gasteiger partial charge in [0.2, 0.25) is 0 Å². The highest BCUT2D eigenvalue weighted by Crippen LogP contribution is 2.28. The van der Waals surface area contributed by atoms with Crippen molar-refractivity contribution in [1.29, 1.82) is 0 Å². The number of benzene rings is 1. The van der Waals surface area contributed by atoms with Gasteiger partial charge in [-0.1, -0.05) is 0 Å². The number of carbonyl (C=O) groups excluding carboxylic acids is 1. The minimum Gasteiger partial charge on any atom is -0.398 e. The van der Waals surface area contributed by atoms with Crippen molar-refractivity contribution in [2.24, 2.45) is 0 Å². The molecule has 2 aromatic heterocycles. The van der Waals surface area contributed by atoms with Gasteiger partial charge >= 0.3 is 0 Å². The number of anilines is 1. The van der Waals surface area contributed by atoms with E-state index in [2.05, 4.69) is 9.97 Å². The first-order valence-corrected chi connectivity index (χ1v) is 9.89. The Labute approximate surface area is 169 Å². The summed E-state index contributed by atoms with van der Waals surface area (Å²) < 4.78 is 16.4. The van der Waals surface area contributed by atoms with Gasteiger partial charge in [0.1, 0.15) is 5.82 Å². The molecule has 0 spiro atoms. The number of aryl methyl sites for hydroxylation is 1. The molecule has 7 heteroatoms. The largest absolute Gasteiger partial charge is 0.398 e. The third-order valence-electron chi connectivity index (χ3n) is 5.48. The minimum absolute atomic E-state index is 0.133. The second kappa shape index (κ2) is 8.43. The molecule has 1 aliphatic rings. The molecule has 0 saturated carbocycles. The van der Waals surface area contributed by atoms with Crippen molar-refractivity contribution >= 4 is 11.6 Å². The number of aromatic nitrogens is 3. The molecule has 3 heterocycles. The Morgan fingerprint density at radius 1 is 1.21 bits per heavy atom. The second-order valence-electron chi connectivity index (χ2n) is 7.43. The van der Waals surface area contributed by atoms with Crippen molar-refractivity contribution < 1.29 is 9.18 Å². The molecule has 6 nitrogen and oxygen atoms in total. The zero-order chi connectivity index (χ0) is 20.2. The summed E-state index contributed by atoms with van der Waals surface area (Å²) in [7, 11) is 0. The van der Waals surface area contributed by atoms with Crippen molar-refractivity contribution in [3.8, 4) is 11.1 Å². The molecule has 0 aliphatic carbocycles. The number of rotatable bonds is 5. The van der Waals surface area contributed by atoms with Crippen molar-refractivity contribution in [3.63, 3.8) is 0 Å². The Kier molecular flexibility index (Phi) is 5.55. The van der Waals surface area contributed by atoms with Gasteiger partial charge in [0.15, 0.2) is 0 Å². The van der Waals surface area contributed by atoms with Crippen molar-refractivity contribution in [1.82, 2.24) is 19.4 Å². The lowest BCUT2D eigenvalue weighted by atomic mass is 9.97. The van der Waals surface area contributed by atoms with Gasteiger partial charge in [0, 0.05) is 60.7 Å². The average Bonchev–Trinajstić information content (AvgIpc) is 3.25. The van der Waals surface area contributed by atoms with E-state index in [1.807, 2.05) is 15.7 Å². The molecule has 1 unspecified atom stereocenters. The van der Waals surface area contributed by atoms with Crippen LogP contribution in [-0.2, 0) is 6.54 Å². The van der Waals surface area contributed by atoms with E-state index in [1.165, 1.54) is 12.1 Å². The van der Waals surface area contributed by atoms with Gasteiger partial charge in [-0.15, -0.1) is 0 Å². The zero-order valence-corrected chi connectivity index (χ0v) is 16.2. The number of pyridine rings is 1. The van der Waals surface area contributed by atoms with Crippen LogP contribution in [0, 0.1) is 5.82 Å². The standard InChI is InChI=1S/C22H24FN5O/c23-18-12-16(20-14-25-6-4-21(20)24)11-17(13-18)22(29)28-8-2-1-3-19(28)5-9-27-10-7-26-15-27/h4,6-7,10-15,19H,1-3,5,8-9H2,(H2,24,25). The Hall–Kier alpha value is -3.22. The van der Waals surface area contributed by atoms with E-state index >= 15 is 0 Å². The summed E-state index contributed by atoms with van der Waals surface area (Å²) in [6.07, 6.45) is 12.5. The first kappa shape index (κ1) is 19.1. The minimum atomic E-state index is -0.457. The molecule has 1 atom stereocenters. The molecule has 3 aromatic rings. The van der Waals surface area contributed by atoms with E-state index in [4.69, 9.17) is 5.73 Å². The third-order valence-corrected chi connectivity index (χ3v) is 5.48. The molecule has 0 radical (unpaired) electrons. The Morgan fingerprint density at radius 2 is 2.10 bits per heavy atom. The normalized spacial score (nSPS) is 16.7. The summed E-state index contributed by atoms with van der Waals surface area (Å²) in [5, 5.41) is 0. The lowest BCUT2D eigenvalue weighted by Gasteiger charge is -2.36. The van der Waals surface area contributed by atoms with Crippen LogP contribution in [0.4, 0.5) is 10.1 Å². The molecule has 150 valence electrons. The quantitative estimate of drug-likeness (QED) is 0.716. The molecule has 1 amide bonds. The number of likely N-dealkylation sites (tertiary alicyclic amines) is 1. The lowest BCUT2D eigenvalue weighted by molar-refractivity contribution is 0.0595. The molecule has 0 bridgehead atoms. The van der Waals surface area contributed by atoms with Crippen LogP contribution >= 0.6 is 0 Å². The Bertz CT molecular complexity index is 989. The van der Waals surface area contributed by atoms with E-state index < -0.39 is 5.82 Å². The third kappa shape index (κ3) is 4.29. The van der Waals surface area contributed by atoms with Crippen LogP contribution in [0.1, 0.15) is 36.0 Å². The summed E-state index contributed by atoms with van der Waals surface area (Å²) in [6, 6.07) is 6.20. The van der Waals surface area contributed by atoms with Gasteiger partial charge in [-0.05, 0) is 55.5 Å². The lowest BCUT2D eigenvalue weighted by Crippen LogP contribution is -2.44. The highest BCUT2D eigenvalue weighted by molar-refractivity contribution is 5.96. The van der Waals surface area contributed by atoms with Gasteiger partial charge in [-0.25, -0.2) is 9.37 Å². The summed E-state index contributed by atoms with van der Waals surface area (Å²) in [6.45, 7) is 1.49. The van der Waals surface area contributed by atoms with Gasteiger partial charge in [0.05, 0.1) is 6.33 Å². The van der Waals surface area contributed by atoms with E-state index in [0.717, 1.165) is 32.2 Å². The van der Waals surface area contributed by atoms with E-state index in [0.29, 0.717) is 28.9 Å². The van der Waals surface area contributed by atoms with Gasteiger partial charge in [-0.3, -0.25) is 9.78 Å². The average molecular weight is 393 g/mol. The van der Waals surface area contributed by atoms with Crippen LogP contribution < -0.4 is 5.73 Å². The van der Waals surface area contributed by atoms with Crippen molar-refractivity contribution in [3.05, 3.63) is 66.8 Å². The number of nitrogens with zero attached hydrogens (tertiary/aromatic N) is 4. The second-order valence-corrected chi connectivity index (χ2v) is 7.43. The fourth-order valence-electron chi connectivity index (χ4n) is 3.97. The number of halogens is 1. The fourth-order valence-corrected chi connectivity index (χ4v) is 3.97. The Balaban J connectivity index is 1.58. The highest BCUT2D eigenvalue weighted by Gasteiger charge is 2.28. The number of nitrogens with two attached hydrogens (primary N) is 1. The molecule has 4 rings (SSSR count). The number of carbonyl (C=O) groups is 1. The van der Waals surface area contributed by atoms with E-state index in [-0.39, 0.29) is 11.9 Å². The van der Waals surface area contributed by atoms with Crippen LogP contribution in [0.2, 0.25) is 0 Å². The number of piperidine rings is 1. The van der Waals surface area contributed by atoms with Crippen LogP contribution in [0.25, 0.3) is 11.1 Å². The smallest absolute Gasteiger partial charge is 0.254 e. The van der Waals surface area contributed by atoms with E-state index in [9.17, 15) is 9.18 Å². The Morgan fingerprint density at radius 3 is 2.90 bits per heavy atom. The SMILES string of the molecule is Nc1ccncc1-c1cc(F)cc(C(=O)N2CCCCC2CCn2ccnc2)c1. The highest BCUT2D eigenvalue weighted by atomic mass is 19.1. The zero-order valence-electron chi connectivity index (χ0n) is 16.2. The van der Waals surface area contributed by atoms with Crippen LogP contribution in [0.15, 0.2) is 55.4 Å². The van der Waals surface area contributed by atoms with Crippen molar-refractivity contribution in [2.75, 3.05) is 12.3 Å². The van der Waals surface area contributed by atoms with Crippen molar-refractivity contribution in [2.45, 2.75) is 38.3 Å². The predicted octanol–water partition coefficient (Wildman–Crippen LogP) is 3.75. The number of hydrogen-bond donors (Lipinski definition) is 1. The van der Waals surface area contributed by atoms with Gasteiger partial charge in [-0.2, -0.15) is 0 Å². The maximum atomic E-state index is 14.4. The summed E-state index contributed by atoms with van der Waals surface area (Å²) >= 11 is 0.